The maximum Gasteiger partial charge on any atom is 0.264 e. The maximum absolute atomic E-state index is 12.7. The number of aliphatic imine (C=N–C) groups is 1. The summed E-state index contributed by atoms with van der Waals surface area (Å²) in [5.74, 6) is 0.948. The summed E-state index contributed by atoms with van der Waals surface area (Å²) in [6.07, 6.45) is 1.79. The molecule has 5 rings (SSSR count). The van der Waals surface area contributed by atoms with Crippen LogP contribution in [0.1, 0.15) is 35.3 Å². The average molecular weight is 602 g/mol. The van der Waals surface area contributed by atoms with Crippen molar-refractivity contribution in [2.45, 2.75) is 20.5 Å². The largest absolute Gasteiger partial charge is 0.490 e. The molecule has 1 aliphatic rings. The van der Waals surface area contributed by atoms with Gasteiger partial charge in [-0.1, -0.05) is 42.5 Å². The number of benzene rings is 4. The van der Waals surface area contributed by atoms with Gasteiger partial charge in [-0.2, -0.15) is 0 Å². The Bertz CT molecular complexity index is 1620. The van der Waals surface area contributed by atoms with Crippen molar-refractivity contribution in [1.82, 2.24) is 5.32 Å². The number of nitrogens with zero attached hydrogens (tertiary/aromatic N) is 1. The Hall–Kier alpha value is -3.88. The Morgan fingerprint density at radius 2 is 1.79 bits per heavy atom. The van der Waals surface area contributed by atoms with E-state index in [-0.39, 0.29) is 11.7 Å². The number of thioether (sulfide) groups is 1. The van der Waals surface area contributed by atoms with Gasteiger partial charge in [-0.05, 0) is 106 Å². The first kappa shape index (κ1) is 26.7. The highest BCUT2D eigenvalue weighted by atomic mass is 79.9. The number of ketones is 1. The maximum atomic E-state index is 12.7. The number of carbonyl (C=O) groups is 2. The lowest BCUT2D eigenvalue weighted by Gasteiger charge is -2.15. The summed E-state index contributed by atoms with van der Waals surface area (Å²) in [4.78, 5) is 29.2. The van der Waals surface area contributed by atoms with Crippen LogP contribution in [0.2, 0.25) is 0 Å². The van der Waals surface area contributed by atoms with Crippen LogP contribution in [0.5, 0.6) is 11.5 Å². The van der Waals surface area contributed by atoms with Gasteiger partial charge in [0.25, 0.3) is 5.91 Å². The lowest BCUT2D eigenvalue weighted by molar-refractivity contribution is -0.115. The van der Waals surface area contributed by atoms with E-state index < -0.39 is 0 Å². The van der Waals surface area contributed by atoms with Gasteiger partial charge in [-0.15, -0.1) is 0 Å². The zero-order chi connectivity index (χ0) is 27.4. The van der Waals surface area contributed by atoms with Gasteiger partial charge in [0.2, 0.25) is 0 Å². The van der Waals surface area contributed by atoms with Crippen LogP contribution >= 0.6 is 27.7 Å². The minimum atomic E-state index is -0.232. The van der Waals surface area contributed by atoms with Crippen LogP contribution in [-0.4, -0.2) is 23.5 Å². The van der Waals surface area contributed by atoms with Crippen LogP contribution in [0, 0.1) is 0 Å². The van der Waals surface area contributed by atoms with E-state index in [4.69, 9.17) is 9.47 Å². The Morgan fingerprint density at radius 3 is 2.56 bits per heavy atom. The number of hydrogen-bond acceptors (Lipinski definition) is 6. The van der Waals surface area contributed by atoms with Crippen LogP contribution in [0.4, 0.5) is 5.69 Å². The molecule has 1 heterocycles. The monoisotopic (exact) mass is 600 g/mol. The molecule has 0 bridgehead atoms. The highest BCUT2D eigenvalue weighted by Gasteiger charge is 2.24. The molecule has 0 aliphatic carbocycles. The van der Waals surface area contributed by atoms with Gasteiger partial charge in [0, 0.05) is 5.56 Å². The van der Waals surface area contributed by atoms with Gasteiger partial charge in [-0.3, -0.25) is 9.59 Å². The molecule has 0 unspecified atom stereocenters. The van der Waals surface area contributed by atoms with Crippen molar-refractivity contribution in [3.8, 4) is 11.5 Å². The van der Waals surface area contributed by atoms with Gasteiger partial charge in [0.1, 0.15) is 6.61 Å². The number of amidine groups is 1. The Balaban J connectivity index is 1.36. The van der Waals surface area contributed by atoms with Crippen LogP contribution in [0.3, 0.4) is 0 Å². The molecule has 1 aliphatic heterocycles. The average Bonchev–Trinajstić information content (AvgIpc) is 3.26. The van der Waals surface area contributed by atoms with E-state index in [1.165, 1.54) is 18.7 Å². The molecule has 1 amide bonds. The fourth-order valence-electron chi connectivity index (χ4n) is 4.16. The van der Waals surface area contributed by atoms with Gasteiger partial charge in [0.05, 0.1) is 21.7 Å². The molecule has 196 valence electrons. The molecular weight excluding hydrogens is 576 g/mol. The third-order valence-corrected chi connectivity index (χ3v) is 7.54. The van der Waals surface area contributed by atoms with E-state index in [2.05, 4.69) is 50.5 Å². The quantitative estimate of drug-likeness (QED) is 0.166. The van der Waals surface area contributed by atoms with E-state index in [1.54, 1.807) is 30.3 Å². The van der Waals surface area contributed by atoms with E-state index in [0.29, 0.717) is 46.0 Å². The van der Waals surface area contributed by atoms with Gasteiger partial charge >= 0.3 is 0 Å². The second kappa shape index (κ2) is 11.9. The number of rotatable bonds is 8. The van der Waals surface area contributed by atoms with Gasteiger partial charge in [-0.25, -0.2) is 4.99 Å². The van der Waals surface area contributed by atoms with Gasteiger partial charge < -0.3 is 14.8 Å². The molecule has 4 aromatic rings. The van der Waals surface area contributed by atoms with Crippen LogP contribution in [-0.2, 0) is 11.4 Å². The molecule has 6 nitrogen and oxygen atoms in total. The van der Waals surface area contributed by atoms with E-state index in [1.807, 2.05) is 37.3 Å². The van der Waals surface area contributed by atoms with Crippen LogP contribution in [0.15, 0.2) is 93.2 Å². The molecule has 1 saturated heterocycles. The third-order valence-electron chi connectivity index (χ3n) is 6.04. The Kier molecular flexibility index (Phi) is 8.14. The molecule has 8 heteroatoms. The Morgan fingerprint density at radius 1 is 1.03 bits per heavy atom. The molecule has 0 saturated carbocycles. The van der Waals surface area contributed by atoms with Crippen molar-refractivity contribution in [2.24, 2.45) is 4.99 Å². The standard InChI is InChI=1S/C31H25BrN2O4S/c1-3-37-27-16-20(15-26(32)29(27)38-18-23-9-6-8-22-7-4-5-10-25(22)23)17-28-30(36)34-31(39-28)33-24-13-11-21(12-14-24)19(2)35/h4-17H,3,18H2,1-2H3,(H,33,34,36)/b28-17+. The zero-order valence-electron chi connectivity index (χ0n) is 21.4. The molecule has 0 aromatic heterocycles. The van der Waals surface area contributed by atoms with Crippen molar-refractivity contribution >= 4 is 67.1 Å². The van der Waals surface area contributed by atoms with E-state index in [0.717, 1.165) is 26.4 Å². The zero-order valence-corrected chi connectivity index (χ0v) is 23.8. The summed E-state index contributed by atoms with van der Waals surface area (Å²) in [5.41, 5.74) is 3.13. The number of ether oxygens (including phenoxy) is 2. The van der Waals surface area contributed by atoms with Crippen molar-refractivity contribution in [2.75, 3.05) is 6.61 Å². The molecule has 0 spiro atoms. The molecule has 4 aromatic carbocycles. The summed E-state index contributed by atoms with van der Waals surface area (Å²) >= 11 is 4.89. The first-order chi connectivity index (χ1) is 18.9. The highest BCUT2D eigenvalue weighted by molar-refractivity contribution is 9.10. The number of carbonyl (C=O) groups excluding carboxylic acids is 2. The SMILES string of the molecule is CCOc1cc(/C=C2/SC(=Nc3ccc(C(C)=O)cc3)NC2=O)cc(Br)c1OCc1cccc2ccccc12. The van der Waals surface area contributed by atoms with E-state index in [9.17, 15) is 9.59 Å². The first-order valence-electron chi connectivity index (χ1n) is 12.4. The number of nitrogens with one attached hydrogen (secondary N) is 1. The summed E-state index contributed by atoms with van der Waals surface area (Å²) < 4.78 is 12.9. The fourth-order valence-corrected chi connectivity index (χ4v) is 5.58. The number of halogens is 1. The summed E-state index contributed by atoms with van der Waals surface area (Å²) in [5, 5.41) is 5.58. The molecule has 0 atom stereocenters. The number of Topliss-reactive ketones (excluding diaryl/α,β-unsaturated/α-hetero) is 1. The number of fused-ring (bicyclic) bond motifs is 1. The van der Waals surface area contributed by atoms with Crippen molar-refractivity contribution < 1.29 is 19.1 Å². The number of hydrogen-bond donors (Lipinski definition) is 1. The summed E-state index contributed by atoms with van der Waals surface area (Å²) in [7, 11) is 0. The predicted molar refractivity (Wildman–Crippen MR) is 161 cm³/mol. The van der Waals surface area contributed by atoms with Gasteiger partial charge in [0.15, 0.2) is 22.4 Å². The normalized spacial score (nSPS) is 15.1. The lowest BCUT2D eigenvalue weighted by Crippen LogP contribution is -2.19. The van der Waals surface area contributed by atoms with Crippen molar-refractivity contribution in [3.05, 3.63) is 105 Å². The minimum absolute atomic E-state index is 0.00877. The first-order valence-corrected chi connectivity index (χ1v) is 14.0. The van der Waals surface area contributed by atoms with Crippen molar-refractivity contribution in [1.29, 1.82) is 0 Å². The second-order valence-electron chi connectivity index (χ2n) is 8.77. The highest BCUT2D eigenvalue weighted by Crippen LogP contribution is 2.39. The molecular formula is C31H25BrN2O4S. The number of amides is 1. The third kappa shape index (κ3) is 6.24. The fraction of sp³-hybridized carbons (Fsp3) is 0.129. The predicted octanol–water partition coefficient (Wildman–Crippen LogP) is 7.67. The van der Waals surface area contributed by atoms with Crippen LogP contribution < -0.4 is 14.8 Å². The molecule has 1 fully saturated rings. The molecule has 1 N–H and O–H groups in total. The lowest BCUT2D eigenvalue weighted by atomic mass is 10.1. The minimum Gasteiger partial charge on any atom is -0.490 e. The summed E-state index contributed by atoms with van der Waals surface area (Å²) in [6.45, 7) is 4.28. The topological polar surface area (TPSA) is 77.0 Å². The van der Waals surface area contributed by atoms with Crippen LogP contribution in [0.25, 0.3) is 16.8 Å². The van der Waals surface area contributed by atoms with Crippen molar-refractivity contribution in [3.63, 3.8) is 0 Å². The second-order valence-corrected chi connectivity index (χ2v) is 10.7. The molecule has 0 radical (unpaired) electrons. The Labute approximate surface area is 239 Å². The van der Waals surface area contributed by atoms with E-state index >= 15 is 0 Å². The molecule has 39 heavy (non-hydrogen) atoms. The smallest absolute Gasteiger partial charge is 0.264 e. The summed E-state index contributed by atoms with van der Waals surface area (Å²) in [6, 6.07) is 25.1.